The molecule has 0 radical (unpaired) electrons. The molecule has 1 aliphatic rings. The molecule has 0 spiro atoms. The molecule has 1 aromatic carbocycles. The number of nitrogens with one attached hydrogen (secondary N) is 1. The van der Waals surface area contributed by atoms with E-state index in [4.69, 9.17) is 9.47 Å². The number of amides is 1. The van der Waals surface area contributed by atoms with Crippen molar-refractivity contribution >= 4 is 17.6 Å². The number of carbonyl (C=O) groups is 1. The highest BCUT2D eigenvalue weighted by Gasteiger charge is 2.24. The summed E-state index contributed by atoms with van der Waals surface area (Å²) >= 11 is 0. The van der Waals surface area contributed by atoms with Gasteiger partial charge in [-0.15, -0.1) is 0 Å². The molecular weight excluding hydrogens is 474 g/mol. The lowest BCUT2D eigenvalue weighted by Crippen LogP contribution is -2.45. The number of ether oxygens (including phenoxy) is 2. The highest BCUT2D eigenvalue weighted by molar-refractivity contribution is 5.84. The number of aromatic nitrogens is 3. The molecule has 1 fully saturated rings. The van der Waals surface area contributed by atoms with E-state index in [1.807, 2.05) is 36.4 Å². The second-order valence-corrected chi connectivity index (χ2v) is 8.77. The number of pyridine rings is 1. The molecule has 1 saturated heterocycles. The molecule has 196 valence electrons. The highest BCUT2D eigenvalue weighted by atomic mass is 16.5. The number of nitrogens with zero attached hydrogens (tertiary/aromatic N) is 6. The Bertz CT molecular complexity index is 1130. The second-order valence-electron chi connectivity index (χ2n) is 8.77. The third-order valence-corrected chi connectivity index (χ3v) is 6.25. The maximum atomic E-state index is 12.1. The van der Waals surface area contributed by atoms with Gasteiger partial charge in [0.1, 0.15) is 18.8 Å². The van der Waals surface area contributed by atoms with Gasteiger partial charge in [-0.3, -0.25) is 14.8 Å². The summed E-state index contributed by atoms with van der Waals surface area (Å²) < 4.78 is 11.6. The maximum absolute atomic E-state index is 12.1. The molecule has 1 atom stereocenters. The number of methoxy groups -OCH3 is 1. The summed E-state index contributed by atoms with van der Waals surface area (Å²) in [5.74, 6) is 1.53. The average Bonchev–Trinajstić information content (AvgIpc) is 2.93. The standard InChI is InChI=1S/C26H33N7O4/c1-31-11-13-32(14-12-31)15-16-37-23-7-6-20(17-24(23)36-2)30-22(21-5-3-4-9-28-21)18-33(26(34)35)25-8-10-27-19-29-25/h3-10,17,19,22,30H,11-16,18H2,1-2H3,(H,34,35). The van der Waals surface area contributed by atoms with Crippen LogP contribution < -0.4 is 19.7 Å². The van der Waals surface area contributed by atoms with E-state index in [2.05, 4.69) is 37.1 Å². The Morgan fingerprint density at radius 2 is 1.95 bits per heavy atom. The van der Waals surface area contributed by atoms with Gasteiger partial charge in [0, 0.05) is 56.9 Å². The van der Waals surface area contributed by atoms with Gasteiger partial charge >= 0.3 is 6.09 Å². The van der Waals surface area contributed by atoms with Crippen molar-refractivity contribution in [2.45, 2.75) is 6.04 Å². The summed E-state index contributed by atoms with van der Waals surface area (Å²) in [6, 6.07) is 12.2. The zero-order valence-corrected chi connectivity index (χ0v) is 21.2. The van der Waals surface area contributed by atoms with Gasteiger partial charge in [-0.25, -0.2) is 14.8 Å². The number of rotatable bonds is 11. The zero-order chi connectivity index (χ0) is 26.0. The monoisotopic (exact) mass is 507 g/mol. The molecule has 0 bridgehead atoms. The van der Waals surface area contributed by atoms with Crippen molar-refractivity contribution in [3.63, 3.8) is 0 Å². The number of benzene rings is 1. The Morgan fingerprint density at radius 3 is 2.62 bits per heavy atom. The van der Waals surface area contributed by atoms with Crippen LogP contribution in [-0.4, -0.2) is 96.0 Å². The van der Waals surface area contributed by atoms with Crippen molar-refractivity contribution in [3.8, 4) is 11.5 Å². The van der Waals surface area contributed by atoms with E-state index in [0.29, 0.717) is 23.8 Å². The van der Waals surface area contributed by atoms with Crippen LogP contribution in [0.5, 0.6) is 11.5 Å². The quantitative estimate of drug-likeness (QED) is 0.401. The van der Waals surface area contributed by atoms with Crippen LogP contribution in [0.15, 0.2) is 61.2 Å². The Morgan fingerprint density at radius 1 is 1.11 bits per heavy atom. The van der Waals surface area contributed by atoms with Crippen molar-refractivity contribution in [2.75, 3.05) is 70.2 Å². The van der Waals surface area contributed by atoms with Crippen molar-refractivity contribution < 1.29 is 19.4 Å². The van der Waals surface area contributed by atoms with Gasteiger partial charge in [0.25, 0.3) is 0 Å². The fourth-order valence-electron chi connectivity index (χ4n) is 4.12. The largest absolute Gasteiger partial charge is 0.493 e. The minimum atomic E-state index is -1.12. The first kappa shape index (κ1) is 26.1. The molecular formula is C26H33N7O4. The second kappa shape index (κ2) is 12.8. The van der Waals surface area contributed by atoms with Crippen LogP contribution in [0.25, 0.3) is 0 Å². The first-order valence-electron chi connectivity index (χ1n) is 12.2. The van der Waals surface area contributed by atoms with E-state index in [1.54, 1.807) is 19.4 Å². The summed E-state index contributed by atoms with van der Waals surface area (Å²) in [7, 11) is 3.74. The summed E-state index contributed by atoms with van der Waals surface area (Å²) in [4.78, 5) is 30.4. The number of likely N-dealkylation sites (N-methyl/N-ethyl adjacent to an activating group) is 1. The van der Waals surface area contributed by atoms with Crippen LogP contribution in [0, 0.1) is 0 Å². The first-order chi connectivity index (χ1) is 18.0. The molecule has 1 amide bonds. The smallest absolute Gasteiger partial charge is 0.413 e. The predicted octanol–water partition coefficient (Wildman–Crippen LogP) is 2.84. The molecule has 0 saturated carbocycles. The summed E-state index contributed by atoms with van der Waals surface area (Å²) in [6.45, 7) is 5.71. The SMILES string of the molecule is COc1cc(NC(CN(C(=O)O)c2ccncn2)c2ccccn2)ccc1OCCN1CCN(C)CC1. The third-order valence-electron chi connectivity index (χ3n) is 6.25. The van der Waals surface area contributed by atoms with E-state index < -0.39 is 12.1 Å². The molecule has 4 rings (SSSR count). The van der Waals surface area contributed by atoms with Crippen molar-refractivity contribution in [1.82, 2.24) is 24.8 Å². The molecule has 3 aromatic rings. The summed E-state index contributed by atoms with van der Waals surface area (Å²) in [5, 5.41) is 13.3. The fraction of sp³-hybridized carbons (Fsp3) is 0.385. The topological polar surface area (TPSA) is 116 Å². The maximum Gasteiger partial charge on any atom is 0.413 e. The van der Waals surface area contributed by atoms with Gasteiger partial charge in [0.05, 0.1) is 25.4 Å². The molecule has 1 unspecified atom stereocenters. The zero-order valence-electron chi connectivity index (χ0n) is 21.2. The predicted molar refractivity (Wildman–Crippen MR) is 140 cm³/mol. The van der Waals surface area contributed by atoms with E-state index in [-0.39, 0.29) is 12.4 Å². The van der Waals surface area contributed by atoms with E-state index in [0.717, 1.165) is 38.4 Å². The number of piperazine rings is 1. The lowest BCUT2D eigenvalue weighted by Gasteiger charge is -2.32. The van der Waals surface area contributed by atoms with Gasteiger partial charge in [-0.2, -0.15) is 0 Å². The molecule has 11 heteroatoms. The molecule has 2 N–H and O–H groups in total. The third kappa shape index (κ3) is 7.28. The molecule has 3 heterocycles. The van der Waals surface area contributed by atoms with Gasteiger partial charge in [0.2, 0.25) is 0 Å². The van der Waals surface area contributed by atoms with E-state index in [1.165, 1.54) is 17.4 Å². The van der Waals surface area contributed by atoms with Crippen LogP contribution in [-0.2, 0) is 0 Å². The van der Waals surface area contributed by atoms with Crippen molar-refractivity contribution in [2.24, 2.45) is 0 Å². The summed E-state index contributed by atoms with van der Waals surface area (Å²) in [6.07, 6.45) is 3.39. The van der Waals surface area contributed by atoms with Crippen LogP contribution in [0.1, 0.15) is 11.7 Å². The van der Waals surface area contributed by atoms with Crippen LogP contribution >= 0.6 is 0 Å². The Labute approximate surface area is 216 Å². The molecule has 1 aliphatic heterocycles. The number of anilines is 2. The normalized spacial score (nSPS) is 15.1. The highest BCUT2D eigenvalue weighted by Crippen LogP contribution is 2.32. The van der Waals surface area contributed by atoms with Crippen LogP contribution in [0.3, 0.4) is 0 Å². The molecule has 37 heavy (non-hydrogen) atoms. The van der Waals surface area contributed by atoms with Gasteiger partial charge in [-0.1, -0.05) is 6.07 Å². The Kier molecular flexibility index (Phi) is 9.06. The Hall–Kier alpha value is -3.96. The number of carboxylic acid groups (broad SMARTS) is 1. The van der Waals surface area contributed by atoms with E-state index >= 15 is 0 Å². The lowest BCUT2D eigenvalue weighted by atomic mass is 10.1. The van der Waals surface area contributed by atoms with Gasteiger partial charge < -0.3 is 24.8 Å². The van der Waals surface area contributed by atoms with E-state index in [9.17, 15) is 9.90 Å². The van der Waals surface area contributed by atoms with Gasteiger partial charge in [-0.05, 0) is 37.4 Å². The fourth-order valence-corrected chi connectivity index (χ4v) is 4.12. The average molecular weight is 508 g/mol. The Balaban J connectivity index is 1.47. The lowest BCUT2D eigenvalue weighted by molar-refractivity contribution is 0.133. The molecule has 0 aliphatic carbocycles. The van der Waals surface area contributed by atoms with Crippen molar-refractivity contribution in [1.29, 1.82) is 0 Å². The summed E-state index contributed by atoms with van der Waals surface area (Å²) in [5.41, 5.74) is 1.43. The van der Waals surface area contributed by atoms with Crippen LogP contribution in [0.2, 0.25) is 0 Å². The minimum Gasteiger partial charge on any atom is -0.493 e. The number of hydrogen-bond donors (Lipinski definition) is 2. The van der Waals surface area contributed by atoms with Gasteiger partial charge in [0.15, 0.2) is 11.5 Å². The first-order valence-corrected chi connectivity index (χ1v) is 12.2. The van der Waals surface area contributed by atoms with Crippen molar-refractivity contribution in [3.05, 3.63) is 66.9 Å². The molecule has 11 nitrogen and oxygen atoms in total. The minimum absolute atomic E-state index is 0.0783. The number of hydrogen-bond acceptors (Lipinski definition) is 9. The van der Waals surface area contributed by atoms with Crippen LogP contribution in [0.4, 0.5) is 16.3 Å². The molecule has 2 aromatic heterocycles.